The van der Waals surface area contributed by atoms with Gasteiger partial charge in [0.15, 0.2) is 0 Å². The first-order valence-corrected chi connectivity index (χ1v) is 12.8. The van der Waals surface area contributed by atoms with Gasteiger partial charge in [-0.25, -0.2) is 0 Å². The Morgan fingerprint density at radius 3 is 2.17 bits per heavy atom. The molecule has 0 aliphatic carbocycles. The molecule has 0 aromatic rings. The Kier molecular flexibility index (Phi) is 16.8. The normalized spacial score (nSPS) is 14.3. The maximum Gasteiger partial charge on any atom is 0.247 e. The largest absolute Gasteiger partial charge is 0.366 e. The predicted molar refractivity (Wildman–Crippen MR) is 131 cm³/mol. The minimum Gasteiger partial charge on any atom is -0.366 e. The zero-order valence-corrected chi connectivity index (χ0v) is 20.6. The Hall–Kier alpha value is -1.07. The Labute approximate surface area is 193 Å². The number of hydrogen-bond donors (Lipinski definition) is 1. The molecule has 1 heterocycles. The summed E-state index contributed by atoms with van der Waals surface area (Å²) in [5.41, 5.74) is 5.98. The highest BCUT2D eigenvalue weighted by atomic mass is 79.9. The quantitative estimate of drug-likeness (QED) is 0.160. The second-order valence-electron chi connectivity index (χ2n) is 8.23. The molecule has 172 valence electrons. The van der Waals surface area contributed by atoms with Crippen LogP contribution in [0.4, 0.5) is 0 Å². The van der Waals surface area contributed by atoms with E-state index in [0.717, 1.165) is 17.5 Å². The molecule has 0 aromatic carbocycles. The van der Waals surface area contributed by atoms with Gasteiger partial charge in [-0.3, -0.25) is 4.79 Å². The lowest BCUT2D eigenvalue weighted by molar-refractivity contribution is -0.114. The Bertz CT molecular complexity index is 543. The maximum absolute atomic E-state index is 11.4. The monoisotopic (exact) mass is 482 g/mol. The summed E-state index contributed by atoms with van der Waals surface area (Å²) in [6, 6.07) is 0. The lowest BCUT2D eigenvalue weighted by Crippen LogP contribution is -2.31. The van der Waals surface area contributed by atoms with Crippen molar-refractivity contribution in [2.45, 2.75) is 96.8 Å². The van der Waals surface area contributed by atoms with Gasteiger partial charge in [-0.1, -0.05) is 92.8 Å². The van der Waals surface area contributed by atoms with Crippen LogP contribution < -0.4 is 5.73 Å². The first-order chi connectivity index (χ1) is 14.6. The molecule has 0 unspecified atom stereocenters. The second-order valence-corrected chi connectivity index (χ2v) is 9.08. The first kappa shape index (κ1) is 27.0. The summed E-state index contributed by atoms with van der Waals surface area (Å²) in [4.78, 5) is 13.3. The molecular weight excluding hydrogens is 440 g/mol. The van der Waals surface area contributed by atoms with Gasteiger partial charge in [0.1, 0.15) is 6.73 Å². The van der Waals surface area contributed by atoms with E-state index in [9.17, 15) is 4.79 Å². The number of carbonyl (C=O) groups excluding carboxylic acids is 1. The topological polar surface area (TPSA) is 55.6 Å². The van der Waals surface area contributed by atoms with Gasteiger partial charge in [0, 0.05) is 17.3 Å². The number of unbranched alkanes of at least 4 members (excludes halogenated alkanes) is 12. The molecule has 1 rings (SSSR count). The summed E-state index contributed by atoms with van der Waals surface area (Å²) in [6.07, 6.45) is 26.9. The smallest absolute Gasteiger partial charge is 0.247 e. The molecule has 2 N–H and O–H groups in total. The molecule has 1 aliphatic heterocycles. The van der Waals surface area contributed by atoms with Crippen molar-refractivity contribution in [2.75, 3.05) is 19.9 Å². The van der Waals surface area contributed by atoms with Crippen LogP contribution >= 0.6 is 15.9 Å². The second kappa shape index (κ2) is 18.7. The van der Waals surface area contributed by atoms with Gasteiger partial charge in [0.25, 0.3) is 0 Å². The van der Waals surface area contributed by atoms with E-state index in [0.29, 0.717) is 18.8 Å². The standard InChI is InChI=1S/C25H43BrN2O2/c1-2-3-4-5-6-7-8-9-10-11-12-13-14-15-16-17-20-30-22-28-19-18-24(26)23(21-28)25(27)29/h9-10,18-19H,2-8,11-17,20-22H2,1H3,(H2,27,29). The Balaban J connectivity index is 1.83. The van der Waals surface area contributed by atoms with Crippen LogP contribution in [0.1, 0.15) is 96.8 Å². The minimum atomic E-state index is -0.385. The lowest BCUT2D eigenvalue weighted by Gasteiger charge is -2.24. The van der Waals surface area contributed by atoms with Crippen LogP contribution in [-0.2, 0) is 9.53 Å². The molecule has 0 saturated carbocycles. The van der Waals surface area contributed by atoms with Gasteiger partial charge in [0.2, 0.25) is 5.91 Å². The van der Waals surface area contributed by atoms with Gasteiger partial charge in [0.05, 0.1) is 12.1 Å². The maximum atomic E-state index is 11.4. The zero-order valence-electron chi connectivity index (χ0n) is 19.0. The highest BCUT2D eigenvalue weighted by molar-refractivity contribution is 9.12. The molecule has 0 atom stereocenters. The molecule has 1 amide bonds. The molecule has 0 radical (unpaired) electrons. The van der Waals surface area contributed by atoms with E-state index in [2.05, 4.69) is 35.0 Å². The van der Waals surface area contributed by atoms with Crippen LogP contribution in [0.15, 0.2) is 34.5 Å². The third-order valence-electron chi connectivity index (χ3n) is 5.44. The average molecular weight is 484 g/mol. The van der Waals surface area contributed by atoms with Crippen molar-refractivity contribution in [3.8, 4) is 0 Å². The molecule has 1 aliphatic rings. The van der Waals surface area contributed by atoms with Crippen molar-refractivity contribution in [2.24, 2.45) is 5.73 Å². The van der Waals surface area contributed by atoms with E-state index in [4.69, 9.17) is 10.5 Å². The Morgan fingerprint density at radius 2 is 1.57 bits per heavy atom. The van der Waals surface area contributed by atoms with Gasteiger partial charge in [-0.05, 0) is 38.2 Å². The molecule has 0 aromatic heterocycles. The first-order valence-electron chi connectivity index (χ1n) is 12.0. The number of carbonyl (C=O) groups is 1. The third-order valence-corrected chi connectivity index (χ3v) is 6.18. The predicted octanol–water partition coefficient (Wildman–Crippen LogP) is 6.96. The fraction of sp³-hybridized carbons (Fsp3) is 0.720. The van der Waals surface area contributed by atoms with Crippen molar-refractivity contribution in [3.05, 3.63) is 34.5 Å². The van der Waals surface area contributed by atoms with Gasteiger partial charge >= 0.3 is 0 Å². The van der Waals surface area contributed by atoms with Crippen molar-refractivity contribution in [3.63, 3.8) is 0 Å². The van der Waals surface area contributed by atoms with Crippen LogP contribution in [-0.4, -0.2) is 30.7 Å². The number of nitrogens with zero attached hydrogens (tertiary/aromatic N) is 1. The number of ether oxygens (including phenoxy) is 1. The summed E-state index contributed by atoms with van der Waals surface area (Å²) in [7, 11) is 0. The van der Waals surface area contributed by atoms with E-state index < -0.39 is 0 Å². The number of amides is 1. The fourth-order valence-corrected chi connectivity index (χ4v) is 3.96. The van der Waals surface area contributed by atoms with Crippen molar-refractivity contribution in [1.82, 2.24) is 4.90 Å². The molecule has 30 heavy (non-hydrogen) atoms. The van der Waals surface area contributed by atoms with Crippen molar-refractivity contribution < 1.29 is 9.53 Å². The summed E-state index contributed by atoms with van der Waals surface area (Å²) in [5, 5.41) is 0. The van der Waals surface area contributed by atoms with Gasteiger partial charge in [-0.2, -0.15) is 0 Å². The highest BCUT2D eigenvalue weighted by Gasteiger charge is 2.16. The third kappa shape index (κ3) is 14.0. The molecule has 4 nitrogen and oxygen atoms in total. The molecule has 5 heteroatoms. The lowest BCUT2D eigenvalue weighted by atomic mass is 10.1. The molecule has 0 saturated heterocycles. The highest BCUT2D eigenvalue weighted by Crippen LogP contribution is 2.20. The summed E-state index contributed by atoms with van der Waals surface area (Å²) >= 11 is 3.36. The van der Waals surface area contributed by atoms with Crippen LogP contribution in [0.2, 0.25) is 0 Å². The number of allylic oxidation sites excluding steroid dienone is 4. The number of rotatable bonds is 19. The van der Waals surface area contributed by atoms with E-state index in [-0.39, 0.29) is 5.91 Å². The van der Waals surface area contributed by atoms with Gasteiger partial charge < -0.3 is 15.4 Å². The average Bonchev–Trinajstić information content (AvgIpc) is 2.73. The molecule has 0 fully saturated rings. The number of nitrogens with two attached hydrogens (primary N) is 1. The number of halogens is 1. The minimum absolute atomic E-state index is 0.385. The van der Waals surface area contributed by atoms with E-state index in [1.165, 1.54) is 83.5 Å². The summed E-state index contributed by atoms with van der Waals surface area (Å²) in [6.45, 7) is 4.04. The van der Waals surface area contributed by atoms with E-state index in [1.54, 1.807) is 0 Å². The van der Waals surface area contributed by atoms with Crippen LogP contribution in [0.5, 0.6) is 0 Å². The summed E-state index contributed by atoms with van der Waals surface area (Å²) in [5.74, 6) is -0.385. The van der Waals surface area contributed by atoms with Crippen LogP contribution in [0.25, 0.3) is 0 Å². The SMILES string of the molecule is CCCCCCCCC=CCCCCCCCCOCN1C=CC(Br)=C(C(N)=O)C1. The van der Waals surface area contributed by atoms with E-state index >= 15 is 0 Å². The van der Waals surface area contributed by atoms with Crippen LogP contribution in [0.3, 0.4) is 0 Å². The fourth-order valence-electron chi connectivity index (χ4n) is 3.52. The van der Waals surface area contributed by atoms with E-state index in [1.807, 2.05) is 17.2 Å². The number of hydrogen-bond acceptors (Lipinski definition) is 3. The van der Waals surface area contributed by atoms with Crippen molar-refractivity contribution in [1.29, 1.82) is 0 Å². The zero-order chi connectivity index (χ0) is 21.9. The molecule has 0 bridgehead atoms. The number of primary amides is 1. The summed E-state index contributed by atoms with van der Waals surface area (Å²) < 4.78 is 6.49. The molecule has 0 spiro atoms. The van der Waals surface area contributed by atoms with Gasteiger partial charge in [-0.15, -0.1) is 0 Å². The van der Waals surface area contributed by atoms with Crippen LogP contribution in [0, 0.1) is 0 Å². The molecular formula is C25H43BrN2O2. The van der Waals surface area contributed by atoms with Crippen molar-refractivity contribution >= 4 is 21.8 Å². The Morgan fingerprint density at radius 1 is 1.00 bits per heavy atom.